The third kappa shape index (κ3) is 26.0. The van der Waals surface area contributed by atoms with Crippen molar-refractivity contribution in [2.24, 2.45) is 0 Å². The Morgan fingerprint density at radius 3 is 1.50 bits per heavy atom. The molecule has 3 heteroatoms. The zero-order valence-electron chi connectivity index (χ0n) is 7.91. The van der Waals surface area contributed by atoms with Gasteiger partial charge in [0.25, 0.3) is 0 Å². The van der Waals surface area contributed by atoms with Gasteiger partial charge in [-0.25, -0.2) is 0 Å². The van der Waals surface area contributed by atoms with Gasteiger partial charge in [-0.15, -0.1) is 0 Å². The molecule has 8 heavy (non-hydrogen) atoms. The number of hydrogen-bond donors (Lipinski definition) is 0. The Balaban J connectivity index is -0.0000000154. The SMILES string of the molecule is CCOCC.CI.[H-].[H-].[Mg+2]. The molecule has 0 aliphatic carbocycles. The van der Waals surface area contributed by atoms with Crippen LogP contribution in [0.5, 0.6) is 0 Å². The maximum atomic E-state index is 4.83. The van der Waals surface area contributed by atoms with E-state index in [1.807, 2.05) is 18.8 Å². The summed E-state index contributed by atoms with van der Waals surface area (Å²) < 4.78 is 4.83. The van der Waals surface area contributed by atoms with Crippen molar-refractivity contribution < 1.29 is 7.59 Å². The van der Waals surface area contributed by atoms with Crippen LogP contribution in [0.25, 0.3) is 0 Å². The monoisotopic (exact) mass is 242 g/mol. The van der Waals surface area contributed by atoms with Crippen LogP contribution >= 0.6 is 22.6 Å². The van der Waals surface area contributed by atoms with Crippen molar-refractivity contribution in [2.75, 3.05) is 18.1 Å². The van der Waals surface area contributed by atoms with Gasteiger partial charge in [-0.05, 0) is 18.8 Å². The van der Waals surface area contributed by atoms with Crippen molar-refractivity contribution in [3.63, 3.8) is 0 Å². The minimum absolute atomic E-state index is 0. The van der Waals surface area contributed by atoms with Gasteiger partial charge in [0.15, 0.2) is 0 Å². The Morgan fingerprint density at radius 1 is 1.25 bits per heavy atom. The number of rotatable bonds is 2. The smallest absolute Gasteiger partial charge is 1.00 e. The van der Waals surface area contributed by atoms with E-state index in [4.69, 9.17) is 4.74 Å². The second-order valence-electron chi connectivity index (χ2n) is 0.781. The largest absolute Gasteiger partial charge is 2.00 e. The van der Waals surface area contributed by atoms with Crippen LogP contribution in [0.15, 0.2) is 0 Å². The van der Waals surface area contributed by atoms with Gasteiger partial charge in [-0.2, -0.15) is 0 Å². The molecule has 0 rings (SSSR count). The molecule has 0 heterocycles. The summed E-state index contributed by atoms with van der Waals surface area (Å²) in [5.74, 6) is 0. The first-order valence-corrected chi connectivity index (χ1v) is 4.53. The molecular formula is C5H15IMgO. The number of halogens is 1. The molecule has 0 aliphatic rings. The van der Waals surface area contributed by atoms with Gasteiger partial charge in [0.1, 0.15) is 0 Å². The Morgan fingerprint density at radius 2 is 1.50 bits per heavy atom. The van der Waals surface area contributed by atoms with Gasteiger partial charge >= 0.3 is 23.1 Å². The van der Waals surface area contributed by atoms with Crippen molar-refractivity contribution in [2.45, 2.75) is 13.8 Å². The van der Waals surface area contributed by atoms with Crippen molar-refractivity contribution in [1.29, 1.82) is 0 Å². The van der Waals surface area contributed by atoms with Crippen LogP contribution in [-0.2, 0) is 4.74 Å². The van der Waals surface area contributed by atoms with Gasteiger partial charge in [0, 0.05) is 13.2 Å². The molecular weight excluding hydrogens is 227 g/mol. The molecule has 0 saturated heterocycles. The van der Waals surface area contributed by atoms with Crippen LogP contribution in [0, 0.1) is 0 Å². The molecule has 0 aliphatic heterocycles. The quantitative estimate of drug-likeness (QED) is 0.408. The fourth-order valence-corrected chi connectivity index (χ4v) is 0.204. The van der Waals surface area contributed by atoms with Crippen LogP contribution in [0.4, 0.5) is 0 Å². The topological polar surface area (TPSA) is 9.23 Å². The van der Waals surface area contributed by atoms with Gasteiger partial charge < -0.3 is 7.59 Å². The maximum absolute atomic E-state index is 4.83. The first-order chi connectivity index (χ1) is 3.41. The first kappa shape index (κ1) is 16.2. The van der Waals surface area contributed by atoms with Crippen molar-refractivity contribution in [3.05, 3.63) is 0 Å². The normalized spacial score (nSPS) is 6.00. The van der Waals surface area contributed by atoms with Crippen molar-refractivity contribution >= 4 is 45.6 Å². The first-order valence-electron chi connectivity index (χ1n) is 2.37. The molecule has 0 atom stereocenters. The van der Waals surface area contributed by atoms with E-state index >= 15 is 0 Å². The summed E-state index contributed by atoms with van der Waals surface area (Å²) in [5, 5.41) is 0. The molecule has 0 bridgehead atoms. The van der Waals surface area contributed by atoms with Crippen LogP contribution in [0.1, 0.15) is 16.7 Å². The predicted molar refractivity (Wildman–Crippen MR) is 50.1 cm³/mol. The van der Waals surface area contributed by atoms with Crippen LogP contribution in [0.3, 0.4) is 0 Å². The Bertz CT molecular complexity index is 27.1. The van der Waals surface area contributed by atoms with Gasteiger partial charge in [-0.3, -0.25) is 0 Å². The fraction of sp³-hybridized carbons (Fsp3) is 1.00. The summed E-state index contributed by atoms with van der Waals surface area (Å²) >= 11 is 2.15. The summed E-state index contributed by atoms with van der Waals surface area (Å²) in [6.45, 7) is 5.67. The molecule has 0 amide bonds. The molecule has 0 unspecified atom stereocenters. The van der Waals surface area contributed by atoms with Gasteiger partial charge in [-0.1, -0.05) is 22.6 Å². The molecule has 0 N–H and O–H groups in total. The summed E-state index contributed by atoms with van der Waals surface area (Å²) in [6, 6.07) is 0. The number of alkyl halides is 1. The molecule has 1 nitrogen and oxygen atoms in total. The Kier molecular flexibility index (Phi) is 48.0. The summed E-state index contributed by atoms with van der Waals surface area (Å²) in [7, 11) is 0. The molecule has 0 spiro atoms. The fourth-order valence-electron chi connectivity index (χ4n) is 0.204. The molecule has 0 radical (unpaired) electrons. The Hall–Kier alpha value is 1.46. The maximum Gasteiger partial charge on any atom is 2.00 e. The van der Waals surface area contributed by atoms with E-state index in [-0.39, 0.29) is 25.9 Å². The minimum Gasteiger partial charge on any atom is -1.00 e. The van der Waals surface area contributed by atoms with Crippen LogP contribution < -0.4 is 0 Å². The predicted octanol–water partition coefficient (Wildman–Crippen LogP) is 1.94. The van der Waals surface area contributed by atoms with E-state index in [9.17, 15) is 0 Å². The third-order valence-corrected chi connectivity index (χ3v) is 0.408. The minimum atomic E-state index is 0. The van der Waals surface area contributed by atoms with Gasteiger partial charge in [0.2, 0.25) is 0 Å². The van der Waals surface area contributed by atoms with E-state index in [0.717, 1.165) is 13.2 Å². The molecule has 0 fully saturated rings. The number of hydrogen-bond acceptors (Lipinski definition) is 1. The summed E-state index contributed by atoms with van der Waals surface area (Å²) in [5.41, 5.74) is 0. The van der Waals surface area contributed by atoms with Crippen molar-refractivity contribution in [3.8, 4) is 0 Å². The zero-order chi connectivity index (χ0) is 6.12. The zero-order valence-corrected chi connectivity index (χ0v) is 9.48. The summed E-state index contributed by atoms with van der Waals surface area (Å²) in [6.07, 6.45) is 0. The standard InChI is InChI=1S/C4H10O.CH3I.Mg.2H/c1-3-5-4-2;1-2;;;/h3-4H2,1-2H3;1H3;;;/q;;+2;2*-1. The van der Waals surface area contributed by atoms with E-state index in [1.165, 1.54) is 0 Å². The molecule has 50 valence electrons. The molecule has 0 aromatic heterocycles. The molecule has 0 aromatic carbocycles. The van der Waals surface area contributed by atoms with Crippen molar-refractivity contribution in [1.82, 2.24) is 0 Å². The van der Waals surface area contributed by atoms with Crippen LogP contribution in [0.2, 0.25) is 0 Å². The average molecular weight is 242 g/mol. The second-order valence-corrected chi connectivity index (χ2v) is 0.781. The van der Waals surface area contributed by atoms with E-state index in [1.54, 1.807) is 0 Å². The second kappa shape index (κ2) is 23.7. The Labute approximate surface area is 84.8 Å². The van der Waals surface area contributed by atoms with Gasteiger partial charge in [0.05, 0.1) is 0 Å². The third-order valence-electron chi connectivity index (χ3n) is 0.408. The average Bonchev–Trinajstić information content (AvgIpc) is 1.75. The van der Waals surface area contributed by atoms with Crippen LogP contribution in [-0.4, -0.2) is 41.2 Å². The van der Waals surface area contributed by atoms with E-state index in [2.05, 4.69) is 22.6 Å². The molecule has 0 aromatic rings. The number of ether oxygens (including phenoxy) is 1. The van der Waals surface area contributed by atoms with E-state index in [0.29, 0.717) is 0 Å². The summed E-state index contributed by atoms with van der Waals surface area (Å²) in [4.78, 5) is 1.97. The van der Waals surface area contributed by atoms with E-state index < -0.39 is 0 Å². The molecule has 0 saturated carbocycles.